The van der Waals surface area contributed by atoms with Crippen LogP contribution in [0.15, 0.2) is 58.3 Å². The number of pyridine rings is 1. The van der Waals surface area contributed by atoms with Crippen molar-refractivity contribution in [2.45, 2.75) is 13.8 Å². The average molecular weight is 276 g/mol. The zero-order valence-electron chi connectivity index (χ0n) is 12.1. The van der Waals surface area contributed by atoms with Crippen molar-refractivity contribution in [3.8, 4) is 0 Å². The van der Waals surface area contributed by atoms with E-state index in [2.05, 4.69) is 23.0 Å². The van der Waals surface area contributed by atoms with Crippen LogP contribution in [0.4, 0.5) is 5.69 Å². The van der Waals surface area contributed by atoms with Crippen LogP contribution in [-0.4, -0.2) is 11.2 Å². The molecule has 21 heavy (non-hydrogen) atoms. The molecule has 0 fully saturated rings. The number of nitrogens with zero attached hydrogens (tertiary/aromatic N) is 1. The number of H-pyrrole nitrogens is 1. The lowest BCUT2D eigenvalue weighted by Gasteiger charge is -2.03. The Morgan fingerprint density at radius 3 is 2.71 bits per heavy atom. The molecule has 3 nitrogen and oxygen atoms in total. The van der Waals surface area contributed by atoms with Crippen molar-refractivity contribution < 1.29 is 0 Å². The van der Waals surface area contributed by atoms with Gasteiger partial charge in [0.15, 0.2) is 0 Å². The Balaban J connectivity index is 2.05. The summed E-state index contributed by atoms with van der Waals surface area (Å²) in [5, 5.41) is 1.000. The summed E-state index contributed by atoms with van der Waals surface area (Å²) in [4.78, 5) is 19.4. The van der Waals surface area contributed by atoms with E-state index in [1.165, 1.54) is 5.56 Å². The third-order valence-electron chi connectivity index (χ3n) is 3.70. The summed E-state index contributed by atoms with van der Waals surface area (Å²) in [6.07, 6.45) is 1.63. The first kappa shape index (κ1) is 13.3. The molecule has 0 unspecified atom stereocenters. The Hall–Kier alpha value is -2.68. The fourth-order valence-corrected chi connectivity index (χ4v) is 2.27. The largest absolute Gasteiger partial charge is 0.321 e. The van der Waals surface area contributed by atoms with Crippen molar-refractivity contribution in [3.05, 3.63) is 75.6 Å². The van der Waals surface area contributed by atoms with Gasteiger partial charge < -0.3 is 4.98 Å². The summed E-state index contributed by atoms with van der Waals surface area (Å²) in [6.45, 7) is 4.09. The first-order valence-corrected chi connectivity index (χ1v) is 6.87. The Morgan fingerprint density at radius 2 is 1.86 bits per heavy atom. The molecule has 0 spiro atoms. The second kappa shape index (κ2) is 5.37. The van der Waals surface area contributed by atoms with Crippen molar-refractivity contribution in [2.24, 2.45) is 4.99 Å². The maximum absolute atomic E-state index is 12.1. The number of hydrogen-bond donors (Lipinski definition) is 1. The molecule has 0 aliphatic carbocycles. The average Bonchev–Trinajstić information content (AvgIpc) is 2.49. The Morgan fingerprint density at radius 1 is 1.05 bits per heavy atom. The number of para-hydroxylation sites is 1. The topological polar surface area (TPSA) is 45.2 Å². The molecule has 0 radical (unpaired) electrons. The first-order valence-electron chi connectivity index (χ1n) is 6.87. The molecule has 0 atom stereocenters. The van der Waals surface area contributed by atoms with E-state index in [1.54, 1.807) is 6.21 Å². The maximum Gasteiger partial charge on any atom is 0.257 e. The predicted octanol–water partition coefficient (Wildman–Crippen LogP) is 3.90. The van der Waals surface area contributed by atoms with Gasteiger partial charge in [0, 0.05) is 11.7 Å². The molecule has 104 valence electrons. The highest BCUT2D eigenvalue weighted by atomic mass is 16.1. The second-order valence-electron chi connectivity index (χ2n) is 5.12. The van der Waals surface area contributed by atoms with Gasteiger partial charge in [-0.2, -0.15) is 0 Å². The van der Waals surface area contributed by atoms with Gasteiger partial charge in [-0.3, -0.25) is 9.79 Å². The molecule has 1 aromatic heterocycles. The fourth-order valence-electron chi connectivity index (χ4n) is 2.27. The number of benzene rings is 2. The molecule has 0 bridgehead atoms. The van der Waals surface area contributed by atoms with Crippen molar-refractivity contribution >= 4 is 22.8 Å². The molecule has 0 saturated carbocycles. The molecular formula is C18H16N2O. The normalized spacial score (nSPS) is 11.3. The number of fused-ring (bicyclic) bond motifs is 1. The highest BCUT2D eigenvalue weighted by Crippen LogP contribution is 2.21. The lowest BCUT2D eigenvalue weighted by Crippen LogP contribution is -2.11. The third kappa shape index (κ3) is 2.63. The first-order chi connectivity index (χ1) is 10.1. The number of aryl methyl sites for hydroxylation is 1. The summed E-state index contributed by atoms with van der Waals surface area (Å²) in [5.74, 6) is 0. The van der Waals surface area contributed by atoms with Gasteiger partial charge in [-0.25, -0.2) is 0 Å². The number of rotatable bonds is 2. The molecule has 3 aromatic rings. The van der Waals surface area contributed by atoms with Crippen molar-refractivity contribution in [1.82, 2.24) is 4.98 Å². The van der Waals surface area contributed by atoms with Crippen LogP contribution in [-0.2, 0) is 0 Å². The summed E-state index contributed by atoms with van der Waals surface area (Å²) < 4.78 is 0. The Bertz CT molecular complexity index is 891. The zero-order valence-corrected chi connectivity index (χ0v) is 12.1. The van der Waals surface area contributed by atoms with E-state index in [1.807, 2.05) is 49.4 Å². The minimum atomic E-state index is -0.122. The molecule has 2 aromatic carbocycles. The molecule has 1 N–H and O–H groups in total. The molecule has 0 aliphatic rings. The highest BCUT2D eigenvalue weighted by Gasteiger charge is 2.01. The van der Waals surface area contributed by atoms with Crippen LogP contribution in [0.3, 0.4) is 0 Å². The minimum Gasteiger partial charge on any atom is -0.321 e. The lowest BCUT2D eigenvalue weighted by molar-refractivity contribution is 1.29. The molecule has 1 heterocycles. The number of aromatic nitrogens is 1. The number of hydrogen-bond acceptors (Lipinski definition) is 2. The molecule has 3 heteroatoms. The van der Waals surface area contributed by atoms with Crippen LogP contribution in [0.1, 0.15) is 16.7 Å². The van der Waals surface area contributed by atoms with Crippen LogP contribution in [0.5, 0.6) is 0 Å². The van der Waals surface area contributed by atoms with Crippen LogP contribution in [0, 0.1) is 13.8 Å². The van der Waals surface area contributed by atoms with E-state index >= 15 is 0 Å². The van der Waals surface area contributed by atoms with E-state index in [0.717, 1.165) is 22.2 Å². The summed E-state index contributed by atoms with van der Waals surface area (Å²) in [6, 6.07) is 15.6. The summed E-state index contributed by atoms with van der Waals surface area (Å²) in [5.41, 5.74) is 4.49. The van der Waals surface area contributed by atoms with Crippen molar-refractivity contribution in [1.29, 1.82) is 0 Å². The predicted molar refractivity (Wildman–Crippen MR) is 87.7 cm³/mol. The second-order valence-corrected chi connectivity index (χ2v) is 5.12. The lowest BCUT2D eigenvalue weighted by atomic mass is 10.1. The van der Waals surface area contributed by atoms with E-state index in [9.17, 15) is 4.79 Å². The van der Waals surface area contributed by atoms with E-state index in [0.29, 0.717) is 5.56 Å². The highest BCUT2D eigenvalue weighted by molar-refractivity contribution is 5.88. The van der Waals surface area contributed by atoms with Gasteiger partial charge in [0.1, 0.15) is 0 Å². The summed E-state index contributed by atoms with van der Waals surface area (Å²) >= 11 is 0. The van der Waals surface area contributed by atoms with Gasteiger partial charge in [-0.05, 0) is 48.6 Å². The fraction of sp³-hybridized carbons (Fsp3) is 0.111. The van der Waals surface area contributed by atoms with Crippen LogP contribution in [0.25, 0.3) is 10.9 Å². The number of aliphatic imine (C=N–C) groups is 1. The molecule has 0 amide bonds. The quantitative estimate of drug-likeness (QED) is 0.709. The van der Waals surface area contributed by atoms with Gasteiger partial charge in [-0.15, -0.1) is 0 Å². The van der Waals surface area contributed by atoms with E-state index < -0.39 is 0 Å². The minimum absolute atomic E-state index is 0.122. The van der Waals surface area contributed by atoms with Crippen LogP contribution < -0.4 is 5.56 Å². The SMILES string of the molecule is Cc1cccc(N=Cc2cc3ccccc3[nH]c2=O)c1C. The van der Waals surface area contributed by atoms with Crippen LogP contribution >= 0.6 is 0 Å². The third-order valence-corrected chi connectivity index (χ3v) is 3.70. The van der Waals surface area contributed by atoms with Gasteiger partial charge in [0.2, 0.25) is 0 Å². The molecule has 0 aliphatic heterocycles. The van der Waals surface area contributed by atoms with Crippen molar-refractivity contribution in [3.63, 3.8) is 0 Å². The Labute approximate surface area is 123 Å². The Kier molecular flexibility index (Phi) is 3.40. The smallest absolute Gasteiger partial charge is 0.257 e. The van der Waals surface area contributed by atoms with E-state index in [-0.39, 0.29) is 5.56 Å². The zero-order chi connectivity index (χ0) is 14.8. The van der Waals surface area contributed by atoms with Crippen LogP contribution in [0.2, 0.25) is 0 Å². The monoisotopic (exact) mass is 276 g/mol. The maximum atomic E-state index is 12.1. The number of nitrogens with one attached hydrogen (secondary N) is 1. The van der Waals surface area contributed by atoms with Gasteiger partial charge in [0.05, 0.1) is 11.3 Å². The standard InChI is InChI=1S/C18H16N2O/c1-12-6-5-9-16(13(12)2)19-11-15-10-14-7-3-4-8-17(14)20-18(15)21/h3-11H,1-2H3,(H,20,21). The van der Waals surface area contributed by atoms with Crippen molar-refractivity contribution in [2.75, 3.05) is 0 Å². The molecular weight excluding hydrogens is 260 g/mol. The van der Waals surface area contributed by atoms with Gasteiger partial charge in [-0.1, -0.05) is 30.3 Å². The summed E-state index contributed by atoms with van der Waals surface area (Å²) in [7, 11) is 0. The molecule has 3 rings (SSSR count). The van der Waals surface area contributed by atoms with E-state index in [4.69, 9.17) is 0 Å². The van der Waals surface area contributed by atoms with Gasteiger partial charge in [0.25, 0.3) is 5.56 Å². The van der Waals surface area contributed by atoms with Gasteiger partial charge >= 0.3 is 0 Å². The number of aromatic amines is 1. The molecule has 0 saturated heterocycles.